The average molecular weight is 214 g/mol. The first-order valence-electron chi connectivity index (χ1n) is 5.63. The second kappa shape index (κ2) is 3.96. The molecule has 1 fully saturated rings. The lowest BCUT2D eigenvalue weighted by molar-refractivity contribution is 0.800. The Morgan fingerprint density at radius 3 is 2.94 bits per heavy atom. The lowest BCUT2D eigenvalue weighted by Crippen LogP contribution is -2.07. The number of benzene rings is 1. The zero-order chi connectivity index (χ0) is 10.8. The predicted molar refractivity (Wildman–Crippen MR) is 62.6 cm³/mol. The van der Waals surface area contributed by atoms with Gasteiger partial charge < -0.3 is 5.32 Å². The van der Waals surface area contributed by atoms with Crippen LogP contribution in [-0.4, -0.2) is 21.5 Å². The number of para-hydroxylation sites is 2. The van der Waals surface area contributed by atoms with Gasteiger partial charge in [0.2, 0.25) is 0 Å². The van der Waals surface area contributed by atoms with Crippen molar-refractivity contribution in [1.82, 2.24) is 15.0 Å². The lowest BCUT2D eigenvalue weighted by Gasteiger charge is -2.10. The highest BCUT2D eigenvalue weighted by atomic mass is 15.4. The molecule has 0 spiro atoms. The van der Waals surface area contributed by atoms with Crippen molar-refractivity contribution in [2.24, 2.45) is 5.92 Å². The first-order valence-corrected chi connectivity index (χ1v) is 5.63. The van der Waals surface area contributed by atoms with Crippen LogP contribution in [0.2, 0.25) is 0 Å². The minimum absolute atomic E-state index is 0.865. The normalized spacial score (nSPS) is 15.0. The summed E-state index contributed by atoms with van der Waals surface area (Å²) in [5.74, 6) is 0.865. The molecule has 3 rings (SSSR count). The van der Waals surface area contributed by atoms with Crippen molar-refractivity contribution in [3.05, 3.63) is 36.7 Å². The molecule has 1 aliphatic rings. The van der Waals surface area contributed by atoms with Crippen molar-refractivity contribution < 1.29 is 0 Å². The third-order valence-corrected chi connectivity index (χ3v) is 2.85. The van der Waals surface area contributed by atoms with Gasteiger partial charge in [-0.2, -0.15) is 0 Å². The average Bonchev–Trinajstić information content (AvgIpc) is 3.00. The summed E-state index contributed by atoms with van der Waals surface area (Å²) >= 11 is 0. The van der Waals surface area contributed by atoms with Gasteiger partial charge in [-0.05, 0) is 30.9 Å². The van der Waals surface area contributed by atoms with E-state index in [-0.39, 0.29) is 0 Å². The van der Waals surface area contributed by atoms with E-state index in [1.54, 1.807) is 10.9 Å². The van der Waals surface area contributed by atoms with Crippen LogP contribution in [0.4, 0.5) is 5.69 Å². The van der Waals surface area contributed by atoms with Crippen molar-refractivity contribution in [2.75, 3.05) is 11.9 Å². The molecule has 0 radical (unpaired) electrons. The fraction of sp³-hybridized carbons (Fsp3) is 0.333. The maximum Gasteiger partial charge on any atom is 0.0894 e. The van der Waals surface area contributed by atoms with Gasteiger partial charge in [0.25, 0.3) is 0 Å². The summed E-state index contributed by atoms with van der Waals surface area (Å²) in [7, 11) is 0. The van der Waals surface area contributed by atoms with E-state index in [2.05, 4.69) is 21.7 Å². The first-order chi connectivity index (χ1) is 7.93. The smallest absolute Gasteiger partial charge is 0.0894 e. The standard InChI is InChI=1S/C12H14N4/c1-2-4-12(16-8-7-14-15-16)11(3-1)13-9-10-5-6-10/h1-4,7-8,10,13H,5-6,9H2. The number of hydrogen-bond acceptors (Lipinski definition) is 3. The predicted octanol–water partition coefficient (Wildman–Crippen LogP) is 2.09. The summed E-state index contributed by atoms with van der Waals surface area (Å²) in [4.78, 5) is 0. The molecule has 1 aliphatic carbocycles. The van der Waals surface area contributed by atoms with Gasteiger partial charge in [0.05, 0.1) is 23.8 Å². The Kier molecular flexibility index (Phi) is 2.33. The van der Waals surface area contributed by atoms with E-state index in [0.717, 1.165) is 23.8 Å². The zero-order valence-electron chi connectivity index (χ0n) is 9.00. The minimum atomic E-state index is 0.865. The van der Waals surface area contributed by atoms with E-state index < -0.39 is 0 Å². The molecular weight excluding hydrogens is 200 g/mol. The van der Waals surface area contributed by atoms with E-state index in [4.69, 9.17) is 0 Å². The highest BCUT2D eigenvalue weighted by Crippen LogP contribution is 2.29. The van der Waals surface area contributed by atoms with Crippen LogP contribution < -0.4 is 5.32 Å². The second-order valence-corrected chi connectivity index (χ2v) is 4.19. The van der Waals surface area contributed by atoms with Gasteiger partial charge in [-0.1, -0.05) is 17.3 Å². The molecule has 0 unspecified atom stereocenters. The van der Waals surface area contributed by atoms with E-state index in [9.17, 15) is 0 Å². The van der Waals surface area contributed by atoms with Crippen LogP contribution in [0, 0.1) is 5.92 Å². The van der Waals surface area contributed by atoms with Crippen molar-refractivity contribution in [3.8, 4) is 5.69 Å². The van der Waals surface area contributed by atoms with Crippen molar-refractivity contribution in [3.63, 3.8) is 0 Å². The fourth-order valence-electron chi connectivity index (χ4n) is 1.74. The van der Waals surface area contributed by atoms with Crippen LogP contribution in [0.1, 0.15) is 12.8 Å². The summed E-state index contributed by atoms with van der Waals surface area (Å²) in [5, 5.41) is 11.3. The van der Waals surface area contributed by atoms with Gasteiger partial charge in [-0.3, -0.25) is 0 Å². The van der Waals surface area contributed by atoms with Crippen molar-refractivity contribution in [1.29, 1.82) is 0 Å². The van der Waals surface area contributed by atoms with E-state index in [0.29, 0.717) is 0 Å². The molecule has 1 saturated carbocycles. The monoisotopic (exact) mass is 214 g/mol. The van der Waals surface area contributed by atoms with Gasteiger partial charge in [-0.25, -0.2) is 4.68 Å². The largest absolute Gasteiger partial charge is 0.383 e. The van der Waals surface area contributed by atoms with E-state index >= 15 is 0 Å². The Balaban J connectivity index is 1.85. The molecule has 4 heteroatoms. The van der Waals surface area contributed by atoms with Crippen molar-refractivity contribution in [2.45, 2.75) is 12.8 Å². The maximum atomic E-state index is 4.02. The molecule has 0 aliphatic heterocycles. The topological polar surface area (TPSA) is 42.7 Å². The Labute approximate surface area is 94.3 Å². The van der Waals surface area contributed by atoms with Crippen LogP contribution in [0.5, 0.6) is 0 Å². The number of nitrogens with zero attached hydrogens (tertiary/aromatic N) is 3. The second-order valence-electron chi connectivity index (χ2n) is 4.19. The van der Waals surface area contributed by atoms with Crippen LogP contribution >= 0.6 is 0 Å². The fourth-order valence-corrected chi connectivity index (χ4v) is 1.74. The molecule has 0 saturated heterocycles. The van der Waals surface area contributed by atoms with Crippen LogP contribution in [0.15, 0.2) is 36.7 Å². The highest BCUT2D eigenvalue weighted by molar-refractivity contribution is 5.60. The number of nitrogens with one attached hydrogen (secondary N) is 1. The molecule has 1 heterocycles. The molecule has 1 aromatic carbocycles. The minimum Gasteiger partial charge on any atom is -0.383 e. The summed E-state index contributed by atoms with van der Waals surface area (Å²) in [6, 6.07) is 8.18. The van der Waals surface area contributed by atoms with Gasteiger partial charge in [0, 0.05) is 6.54 Å². The van der Waals surface area contributed by atoms with Gasteiger partial charge in [0.15, 0.2) is 0 Å². The number of hydrogen-bond donors (Lipinski definition) is 1. The highest BCUT2D eigenvalue weighted by Gasteiger charge is 2.21. The molecule has 4 nitrogen and oxygen atoms in total. The summed E-state index contributed by atoms with van der Waals surface area (Å²) in [6.07, 6.45) is 6.27. The number of aromatic nitrogens is 3. The molecule has 16 heavy (non-hydrogen) atoms. The third kappa shape index (κ3) is 1.91. The molecule has 82 valence electrons. The Morgan fingerprint density at radius 1 is 1.31 bits per heavy atom. The third-order valence-electron chi connectivity index (χ3n) is 2.85. The first kappa shape index (κ1) is 9.39. The summed E-state index contributed by atoms with van der Waals surface area (Å²) < 4.78 is 1.79. The Morgan fingerprint density at radius 2 is 2.19 bits per heavy atom. The van der Waals surface area contributed by atoms with Gasteiger partial charge >= 0.3 is 0 Å². The van der Waals surface area contributed by atoms with Crippen LogP contribution in [-0.2, 0) is 0 Å². The van der Waals surface area contributed by atoms with Crippen LogP contribution in [0.25, 0.3) is 5.69 Å². The molecule has 0 amide bonds. The SMILES string of the molecule is c1ccc(-n2ccnn2)c(NCC2CC2)c1. The lowest BCUT2D eigenvalue weighted by atomic mass is 10.2. The van der Waals surface area contributed by atoms with E-state index in [1.807, 2.05) is 24.4 Å². The zero-order valence-corrected chi connectivity index (χ0v) is 9.00. The Hall–Kier alpha value is -1.84. The molecule has 1 aromatic heterocycles. The molecular formula is C12H14N4. The summed E-state index contributed by atoms with van der Waals surface area (Å²) in [5.41, 5.74) is 2.18. The molecule has 0 bridgehead atoms. The maximum absolute atomic E-state index is 4.02. The molecule has 0 atom stereocenters. The van der Waals surface area contributed by atoms with Gasteiger partial charge in [-0.15, -0.1) is 5.10 Å². The van der Waals surface area contributed by atoms with Crippen molar-refractivity contribution >= 4 is 5.69 Å². The van der Waals surface area contributed by atoms with Gasteiger partial charge in [0.1, 0.15) is 0 Å². The van der Waals surface area contributed by atoms with Crippen LogP contribution in [0.3, 0.4) is 0 Å². The summed E-state index contributed by atoms with van der Waals surface area (Å²) in [6.45, 7) is 1.06. The molecule has 2 aromatic rings. The quantitative estimate of drug-likeness (QED) is 0.847. The number of anilines is 1. The Bertz CT molecular complexity index is 460. The van der Waals surface area contributed by atoms with E-state index in [1.165, 1.54) is 12.8 Å². The number of rotatable bonds is 4. The molecule has 1 N–H and O–H groups in total.